The summed E-state index contributed by atoms with van der Waals surface area (Å²) in [5, 5.41) is 0. The molecule has 0 aromatic heterocycles. The SMILES string of the molecule is CCCC/C=C/CCC(C)CC. The Morgan fingerprint density at radius 3 is 2.33 bits per heavy atom. The van der Waals surface area contributed by atoms with Gasteiger partial charge in [-0.1, -0.05) is 52.2 Å². The highest BCUT2D eigenvalue weighted by molar-refractivity contribution is 4.81. The summed E-state index contributed by atoms with van der Waals surface area (Å²) >= 11 is 0. The Morgan fingerprint density at radius 2 is 1.75 bits per heavy atom. The van der Waals surface area contributed by atoms with Crippen molar-refractivity contribution in [2.75, 3.05) is 0 Å². The van der Waals surface area contributed by atoms with E-state index >= 15 is 0 Å². The zero-order valence-electron chi connectivity index (χ0n) is 8.97. The molecule has 0 fully saturated rings. The molecule has 0 saturated heterocycles. The first-order chi connectivity index (χ1) is 5.81. The minimum atomic E-state index is 0.904. The summed E-state index contributed by atoms with van der Waals surface area (Å²) < 4.78 is 0. The van der Waals surface area contributed by atoms with Crippen molar-refractivity contribution < 1.29 is 0 Å². The summed E-state index contributed by atoms with van der Waals surface area (Å²) in [4.78, 5) is 0. The molecule has 0 spiro atoms. The molecule has 0 aromatic rings. The molecule has 12 heavy (non-hydrogen) atoms. The van der Waals surface area contributed by atoms with Crippen LogP contribution in [0.1, 0.15) is 59.3 Å². The Balaban J connectivity index is 3.12. The smallest absolute Gasteiger partial charge is 0.0348 e. The van der Waals surface area contributed by atoms with Gasteiger partial charge in [0.1, 0.15) is 0 Å². The summed E-state index contributed by atoms with van der Waals surface area (Å²) in [6, 6.07) is 0. The third kappa shape index (κ3) is 7.84. The fourth-order valence-corrected chi connectivity index (χ4v) is 1.14. The van der Waals surface area contributed by atoms with E-state index in [1.165, 1.54) is 38.5 Å². The third-order valence-electron chi connectivity index (χ3n) is 2.41. The van der Waals surface area contributed by atoms with Gasteiger partial charge in [-0.05, 0) is 25.2 Å². The standard InChI is InChI=1S/C12H24/c1-4-6-7-8-9-10-11-12(3)5-2/h8-9,12H,4-7,10-11H2,1-3H3/b9-8+. The van der Waals surface area contributed by atoms with Gasteiger partial charge in [0.2, 0.25) is 0 Å². The van der Waals surface area contributed by atoms with Crippen LogP contribution in [0, 0.1) is 5.92 Å². The molecular formula is C12H24. The quantitative estimate of drug-likeness (QED) is 0.386. The zero-order chi connectivity index (χ0) is 9.23. The van der Waals surface area contributed by atoms with Gasteiger partial charge >= 0.3 is 0 Å². The van der Waals surface area contributed by atoms with Gasteiger partial charge < -0.3 is 0 Å². The predicted molar refractivity (Wildman–Crippen MR) is 57.4 cm³/mol. The van der Waals surface area contributed by atoms with E-state index in [2.05, 4.69) is 32.9 Å². The Bertz CT molecular complexity index is 103. The lowest BCUT2D eigenvalue weighted by atomic mass is 10.0. The average Bonchev–Trinajstić information content (AvgIpc) is 2.10. The van der Waals surface area contributed by atoms with Gasteiger partial charge in [0, 0.05) is 0 Å². The van der Waals surface area contributed by atoms with Crippen LogP contribution in [0.25, 0.3) is 0 Å². The molecule has 0 saturated carbocycles. The van der Waals surface area contributed by atoms with Crippen molar-refractivity contribution >= 4 is 0 Å². The molecule has 0 aliphatic heterocycles. The minimum absolute atomic E-state index is 0.904. The molecule has 0 aliphatic carbocycles. The van der Waals surface area contributed by atoms with Crippen LogP contribution in [0.3, 0.4) is 0 Å². The van der Waals surface area contributed by atoms with Crippen molar-refractivity contribution in [1.82, 2.24) is 0 Å². The monoisotopic (exact) mass is 168 g/mol. The molecule has 0 aromatic carbocycles. The van der Waals surface area contributed by atoms with Crippen LogP contribution in [0.5, 0.6) is 0 Å². The second-order valence-electron chi connectivity index (χ2n) is 3.70. The van der Waals surface area contributed by atoms with Gasteiger partial charge in [0.25, 0.3) is 0 Å². The molecule has 72 valence electrons. The van der Waals surface area contributed by atoms with E-state index in [-0.39, 0.29) is 0 Å². The molecule has 1 atom stereocenters. The summed E-state index contributed by atoms with van der Waals surface area (Å²) in [5.41, 5.74) is 0. The maximum absolute atomic E-state index is 2.35. The molecule has 0 aliphatic rings. The molecule has 1 unspecified atom stereocenters. The lowest BCUT2D eigenvalue weighted by Crippen LogP contribution is -1.89. The van der Waals surface area contributed by atoms with Crippen molar-refractivity contribution in [1.29, 1.82) is 0 Å². The third-order valence-corrected chi connectivity index (χ3v) is 2.41. The Kier molecular flexibility index (Phi) is 8.64. The molecule has 0 rings (SSSR count). The van der Waals surface area contributed by atoms with E-state index in [1.807, 2.05) is 0 Å². The van der Waals surface area contributed by atoms with Gasteiger partial charge in [-0.25, -0.2) is 0 Å². The van der Waals surface area contributed by atoms with Gasteiger partial charge in [-0.2, -0.15) is 0 Å². The van der Waals surface area contributed by atoms with Crippen molar-refractivity contribution in [2.24, 2.45) is 5.92 Å². The Labute approximate surface area is 78.1 Å². The van der Waals surface area contributed by atoms with Crippen LogP contribution in [-0.2, 0) is 0 Å². The fraction of sp³-hybridized carbons (Fsp3) is 0.833. The van der Waals surface area contributed by atoms with Gasteiger partial charge in [0.05, 0.1) is 0 Å². The second-order valence-corrected chi connectivity index (χ2v) is 3.70. The first-order valence-electron chi connectivity index (χ1n) is 5.46. The molecule has 0 nitrogen and oxygen atoms in total. The summed E-state index contributed by atoms with van der Waals surface area (Å²) in [7, 11) is 0. The first-order valence-corrected chi connectivity index (χ1v) is 5.46. The summed E-state index contributed by atoms with van der Waals surface area (Å²) in [5.74, 6) is 0.904. The highest BCUT2D eigenvalue weighted by atomic mass is 14.0. The van der Waals surface area contributed by atoms with E-state index in [0.29, 0.717) is 0 Å². The van der Waals surface area contributed by atoms with Crippen LogP contribution < -0.4 is 0 Å². The Hall–Kier alpha value is -0.260. The van der Waals surface area contributed by atoms with E-state index in [1.54, 1.807) is 0 Å². The van der Waals surface area contributed by atoms with E-state index in [4.69, 9.17) is 0 Å². The van der Waals surface area contributed by atoms with Gasteiger partial charge in [-0.15, -0.1) is 0 Å². The van der Waals surface area contributed by atoms with Crippen molar-refractivity contribution in [3.05, 3.63) is 12.2 Å². The maximum Gasteiger partial charge on any atom is -0.0348 e. The average molecular weight is 168 g/mol. The number of rotatable bonds is 7. The molecule has 0 heteroatoms. The fourth-order valence-electron chi connectivity index (χ4n) is 1.14. The molecule has 0 radical (unpaired) electrons. The van der Waals surface area contributed by atoms with Crippen molar-refractivity contribution in [2.45, 2.75) is 59.3 Å². The zero-order valence-corrected chi connectivity index (χ0v) is 8.97. The molecule has 0 N–H and O–H groups in total. The molecule has 0 heterocycles. The number of hydrogen-bond donors (Lipinski definition) is 0. The summed E-state index contributed by atoms with van der Waals surface area (Å²) in [6.07, 6.45) is 12.6. The first kappa shape index (κ1) is 11.7. The van der Waals surface area contributed by atoms with Crippen LogP contribution in [0.2, 0.25) is 0 Å². The largest absolute Gasteiger partial charge is 0.0885 e. The molecule has 0 bridgehead atoms. The topological polar surface area (TPSA) is 0 Å². The number of unbranched alkanes of at least 4 members (excludes halogenated alkanes) is 2. The number of allylic oxidation sites excluding steroid dienone is 2. The summed E-state index contributed by atoms with van der Waals surface area (Å²) in [6.45, 7) is 6.85. The van der Waals surface area contributed by atoms with Crippen LogP contribution in [-0.4, -0.2) is 0 Å². The van der Waals surface area contributed by atoms with E-state index in [9.17, 15) is 0 Å². The van der Waals surface area contributed by atoms with Crippen molar-refractivity contribution in [3.8, 4) is 0 Å². The van der Waals surface area contributed by atoms with Gasteiger partial charge in [0.15, 0.2) is 0 Å². The predicted octanol–water partition coefficient (Wildman–Crippen LogP) is 4.56. The highest BCUT2D eigenvalue weighted by Crippen LogP contribution is 2.09. The lowest BCUT2D eigenvalue weighted by Gasteiger charge is -2.03. The van der Waals surface area contributed by atoms with Crippen LogP contribution in [0.15, 0.2) is 12.2 Å². The minimum Gasteiger partial charge on any atom is -0.0885 e. The molecule has 0 amide bonds. The maximum atomic E-state index is 2.35. The van der Waals surface area contributed by atoms with E-state index < -0.39 is 0 Å². The number of hydrogen-bond acceptors (Lipinski definition) is 0. The second kappa shape index (κ2) is 8.83. The van der Waals surface area contributed by atoms with Gasteiger partial charge in [-0.3, -0.25) is 0 Å². The van der Waals surface area contributed by atoms with Crippen LogP contribution in [0.4, 0.5) is 0 Å². The van der Waals surface area contributed by atoms with E-state index in [0.717, 1.165) is 5.92 Å². The molecular weight excluding hydrogens is 144 g/mol. The normalized spacial score (nSPS) is 13.9. The Morgan fingerprint density at radius 1 is 1.08 bits per heavy atom. The van der Waals surface area contributed by atoms with Crippen molar-refractivity contribution in [3.63, 3.8) is 0 Å². The van der Waals surface area contributed by atoms with Crippen LogP contribution >= 0.6 is 0 Å². The lowest BCUT2D eigenvalue weighted by molar-refractivity contribution is 0.521. The highest BCUT2D eigenvalue weighted by Gasteiger charge is 1.94.